The van der Waals surface area contributed by atoms with Gasteiger partial charge in [-0.25, -0.2) is 0 Å². The number of benzene rings is 1. The highest BCUT2D eigenvalue weighted by Crippen LogP contribution is 2.61. The molecule has 4 aliphatic carbocycles. The predicted molar refractivity (Wildman–Crippen MR) is 86.0 cm³/mol. The van der Waals surface area contributed by atoms with Crippen molar-refractivity contribution < 1.29 is 13.0 Å². The Labute approximate surface area is 132 Å². The summed E-state index contributed by atoms with van der Waals surface area (Å²) in [4.78, 5) is 0. The average Bonchev–Trinajstić information content (AvgIpc) is 2.37. The van der Waals surface area contributed by atoms with Crippen LogP contribution in [0.4, 0.5) is 0 Å². The largest absolute Gasteiger partial charge is 0.285 e. The molecular formula is C18H24O3S. The summed E-state index contributed by atoms with van der Waals surface area (Å²) in [6.07, 6.45) is 9.72. The smallest absolute Gasteiger partial charge is 0.269 e. The van der Waals surface area contributed by atoms with Gasteiger partial charge in [0.15, 0.2) is 0 Å². The Morgan fingerprint density at radius 1 is 0.909 bits per heavy atom. The van der Waals surface area contributed by atoms with Crippen molar-refractivity contribution in [3.8, 4) is 0 Å². The van der Waals surface area contributed by atoms with E-state index in [1.54, 1.807) is 0 Å². The van der Waals surface area contributed by atoms with Gasteiger partial charge in [0, 0.05) is 0 Å². The van der Waals surface area contributed by atoms with Gasteiger partial charge in [0.1, 0.15) is 5.75 Å². The first-order valence-corrected chi connectivity index (χ1v) is 10.0. The first-order valence-electron chi connectivity index (χ1n) is 8.42. The Kier molecular flexibility index (Phi) is 3.39. The number of hydrogen-bond acceptors (Lipinski definition) is 2. The van der Waals surface area contributed by atoms with Crippen LogP contribution in [0, 0.1) is 23.2 Å². The molecule has 4 fully saturated rings. The molecule has 4 heteroatoms. The van der Waals surface area contributed by atoms with Crippen LogP contribution >= 0.6 is 0 Å². The zero-order chi connectivity index (χ0) is 15.4. The second kappa shape index (κ2) is 5.07. The average molecular weight is 320 g/mol. The Morgan fingerprint density at radius 3 is 1.82 bits per heavy atom. The van der Waals surface area contributed by atoms with Gasteiger partial charge in [-0.3, -0.25) is 4.55 Å². The van der Waals surface area contributed by atoms with Crippen LogP contribution in [0.5, 0.6) is 0 Å². The fourth-order valence-corrected chi connectivity index (χ4v) is 6.52. The molecule has 1 aromatic carbocycles. The minimum atomic E-state index is -3.93. The molecule has 1 aromatic rings. The minimum Gasteiger partial charge on any atom is -0.285 e. The maximum atomic E-state index is 10.9. The van der Waals surface area contributed by atoms with E-state index in [1.807, 2.05) is 12.1 Å². The second-order valence-corrected chi connectivity index (χ2v) is 9.59. The second-order valence-electron chi connectivity index (χ2n) is 8.14. The van der Waals surface area contributed by atoms with Crippen molar-refractivity contribution in [3.63, 3.8) is 0 Å². The highest BCUT2D eigenvalue weighted by Gasteiger charge is 2.50. The Morgan fingerprint density at radius 2 is 1.36 bits per heavy atom. The van der Waals surface area contributed by atoms with Gasteiger partial charge in [-0.2, -0.15) is 8.42 Å². The van der Waals surface area contributed by atoms with E-state index in [2.05, 4.69) is 12.1 Å². The SMILES string of the molecule is O=S(=O)(O)Cc1ccc(CC23CC4CC(CC(C4)C2)C3)cc1. The quantitative estimate of drug-likeness (QED) is 0.858. The lowest BCUT2D eigenvalue weighted by atomic mass is 9.48. The number of rotatable bonds is 4. The van der Waals surface area contributed by atoms with E-state index < -0.39 is 10.1 Å². The molecule has 3 nitrogen and oxygen atoms in total. The van der Waals surface area contributed by atoms with E-state index in [-0.39, 0.29) is 5.75 Å². The zero-order valence-corrected chi connectivity index (χ0v) is 13.7. The van der Waals surface area contributed by atoms with Crippen LogP contribution in [0.1, 0.15) is 49.7 Å². The van der Waals surface area contributed by atoms with Gasteiger partial charge >= 0.3 is 0 Å². The summed E-state index contributed by atoms with van der Waals surface area (Å²) in [7, 11) is -3.93. The van der Waals surface area contributed by atoms with Crippen molar-refractivity contribution in [2.24, 2.45) is 23.2 Å². The van der Waals surface area contributed by atoms with Crippen LogP contribution in [-0.2, 0) is 22.3 Å². The summed E-state index contributed by atoms with van der Waals surface area (Å²) in [5, 5.41) is 0. The van der Waals surface area contributed by atoms with Crippen LogP contribution in [-0.4, -0.2) is 13.0 Å². The lowest BCUT2D eigenvalue weighted by Gasteiger charge is -2.57. The Hall–Kier alpha value is -0.870. The number of hydrogen-bond donors (Lipinski definition) is 1. The lowest BCUT2D eigenvalue weighted by Crippen LogP contribution is -2.47. The van der Waals surface area contributed by atoms with E-state index in [0.29, 0.717) is 11.0 Å². The molecule has 22 heavy (non-hydrogen) atoms. The maximum absolute atomic E-state index is 10.9. The molecule has 4 saturated carbocycles. The molecule has 4 aliphatic rings. The Balaban J connectivity index is 1.49. The van der Waals surface area contributed by atoms with Crippen molar-refractivity contribution in [3.05, 3.63) is 35.4 Å². The molecule has 0 unspecified atom stereocenters. The molecule has 0 heterocycles. The van der Waals surface area contributed by atoms with Gasteiger partial charge in [0.25, 0.3) is 10.1 Å². The predicted octanol–water partition coefficient (Wildman–Crippen LogP) is 3.83. The van der Waals surface area contributed by atoms with Crippen molar-refractivity contribution >= 4 is 10.1 Å². The molecule has 5 rings (SSSR count). The van der Waals surface area contributed by atoms with Crippen molar-refractivity contribution in [1.29, 1.82) is 0 Å². The van der Waals surface area contributed by atoms with Crippen molar-refractivity contribution in [2.75, 3.05) is 0 Å². The van der Waals surface area contributed by atoms with Crippen LogP contribution in [0.25, 0.3) is 0 Å². The van der Waals surface area contributed by atoms with E-state index in [0.717, 1.165) is 24.2 Å². The molecule has 120 valence electrons. The van der Waals surface area contributed by atoms with E-state index in [4.69, 9.17) is 4.55 Å². The zero-order valence-electron chi connectivity index (χ0n) is 12.9. The monoisotopic (exact) mass is 320 g/mol. The molecule has 0 saturated heterocycles. The van der Waals surface area contributed by atoms with Gasteiger partial charge in [-0.05, 0) is 79.2 Å². The molecule has 0 amide bonds. The van der Waals surface area contributed by atoms with E-state index in [1.165, 1.54) is 44.1 Å². The molecule has 4 bridgehead atoms. The maximum Gasteiger partial charge on any atom is 0.269 e. The minimum absolute atomic E-state index is 0.287. The molecular weight excluding hydrogens is 296 g/mol. The summed E-state index contributed by atoms with van der Waals surface area (Å²) in [5.74, 6) is 2.60. The van der Waals surface area contributed by atoms with Crippen molar-refractivity contribution in [1.82, 2.24) is 0 Å². The van der Waals surface area contributed by atoms with Gasteiger partial charge < -0.3 is 0 Å². The molecule has 0 radical (unpaired) electrons. The molecule has 0 aromatic heterocycles. The van der Waals surface area contributed by atoms with Gasteiger partial charge in [0.05, 0.1) is 0 Å². The highest BCUT2D eigenvalue weighted by atomic mass is 32.2. The first-order chi connectivity index (χ1) is 10.4. The van der Waals surface area contributed by atoms with Gasteiger partial charge in [-0.15, -0.1) is 0 Å². The summed E-state index contributed by atoms with van der Waals surface area (Å²) in [6.45, 7) is 0. The van der Waals surface area contributed by atoms with Crippen LogP contribution in [0.15, 0.2) is 24.3 Å². The first kappa shape index (κ1) is 14.7. The summed E-state index contributed by atoms with van der Waals surface area (Å²) in [6, 6.07) is 7.81. The topological polar surface area (TPSA) is 54.4 Å². The Bertz CT molecular complexity index is 625. The van der Waals surface area contributed by atoms with E-state index >= 15 is 0 Å². The molecule has 0 atom stereocenters. The third-order valence-corrected chi connectivity index (χ3v) is 6.81. The van der Waals surface area contributed by atoms with Gasteiger partial charge in [-0.1, -0.05) is 24.3 Å². The normalized spacial score (nSPS) is 36.7. The van der Waals surface area contributed by atoms with Crippen LogP contribution < -0.4 is 0 Å². The van der Waals surface area contributed by atoms with Gasteiger partial charge in [0.2, 0.25) is 0 Å². The van der Waals surface area contributed by atoms with E-state index in [9.17, 15) is 8.42 Å². The van der Waals surface area contributed by atoms with Crippen LogP contribution in [0.3, 0.4) is 0 Å². The fourth-order valence-electron chi connectivity index (χ4n) is 5.90. The summed E-state index contributed by atoms with van der Waals surface area (Å²) in [5.41, 5.74) is 2.50. The van der Waals surface area contributed by atoms with Crippen LogP contribution in [0.2, 0.25) is 0 Å². The third kappa shape index (κ3) is 2.95. The summed E-state index contributed by atoms with van der Waals surface area (Å²) < 4.78 is 30.8. The summed E-state index contributed by atoms with van der Waals surface area (Å²) >= 11 is 0. The third-order valence-electron chi connectivity index (χ3n) is 6.12. The van der Waals surface area contributed by atoms with Crippen molar-refractivity contribution in [2.45, 2.75) is 50.7 Å². The molecule has 0 spiro atoms. The standard InChI is InChI=1S/C18H24O3S/c19-22(20,21)12-14-3-1-13(2-4-14)8-18-9-15-5-16(10-18)7-17(6-15)11-18/h1-4,15-17H,5-12H2,(H,19,20,21). The fraction of sp³-hybridized carbons (Fsp3) is 0.667. The molecule has 0 aliphatic heterocycles. The molecule has 1 N–H and O–H groups in total. The lowest BCUT2D eigenvalue weighted by molar-refractivity contribution is -0.0521. The highest BCUT2D eigenvalue weighted by molar-refractivity contribution is 7.85.